The van der Waals surface area contributed by atoms with Crippen molar-refractivity contribution in [1.82, 2.24) is 9.88 Å². The van der Waals surface area contributed by atoms with Crippen LogP contribution < -0.4 is 0 Å². The molecular weight excluding hydrogens is 325 g/mol. The Morgan fingerprint density at radius 1 is 1.00 bits per heavy atom. The van der Waals surface area contributed by atoms with Gasteiger partial charge in [-0.05, 0) is 66.8 Å². The standard InChI is InChI=1S/C20H21F3N2/c21-20(22,23)19-5-3-17(4-6-19)18-9-14-25(15-10-18)13-1-2-16-7-11-24-12-8-16/h3-9,11-12H,1-2,10,13-15H2. The van der Waals surface area contributed by atoms with Crippen LogP contribution in [-0.4, -0.2) is 29.5 Å². The van der Waals surface area contributed by atoms with Crippen LogP contribution in [0.1, 0.15) is 29.5 Å². The predicted molar refractivity (Wildman–Crippen MR) is 93.0 cm³/mol. The Labute approximate surface area is 146 Å². The molecule has 2 heterocycles. The molecule has 0 N–H and O–H groups in total. The maximum atomic E-state index is 12.6. The molecule has 2 aromatic rings. The zero-order valence-electron chi connectivity index (χ0n) is 14.0. The summed E-state index contributed by atoms with van der Waals surface area (Å²) in [4.78, 5) is 6.40. The lowest BCUT2D eigenvalue weighted by Crippen LogP contribution is -2.29. The third kappa shape index (κ3) is 4.92. The zero-order chi connectivity index (χ0) is 17.7. The van der Waals surface area contributed by atoms with E-state index >= 15 is 0 Å². The summed E-state index contributed by atoms with van der Waals surface area (Å²) in [6.07, 6.45) is 4.50. The van der Waals surface area contributed by atoms with Gasteiger partial charge in [0.05, 0.1) is 5.56 Å². The molecule has 0 atom stereocenters. The van der Waals surface area contributed by atoms with Gasteiger partial charge in [-0.25, -0.2) is 0 Å². The average Bonchev–Trinajstić information content (AvgIpc) is 2.63. The molecule has 3 rings (SSSR count). The van der Waals surface area contributed by atoms with Gasteiger partial charge in [0.2, 0.25) is 0 Å². The van der Waals surface area contributed by atoms with Crippen molar-refractivity contribution in [3.63, 3.8) is 0 Å². The van der Waals surface area contributed by atoms with Crippen LogP contribution in [-0.2, 0) is 12.6 Å². The SMILES string of the molecule is FC(F)(F)c1ccc(C2=CCN(CCCc3ccncc3)CC2)cc1. The van der Waals surface area contributed by atoms with Crippen molar-refractivity contribution in [3.05, 3.63) is 71.6 Å². The minimum absolute atomic E-state index is 0.592. The summed E-state index contributed by atoms with van der Waals surface area (Å²) in [5.41, 5.74) is 2.74. The van der Waals surface area contributed by atoms with E-state index in [0.29, 0.717) is 0 Å². The van der Waals surface area contributed by atoms with Gasteiger partial charge in [0.25, 0.3) is 0 Å². The zero-order valence-corrected chi connectivity index (χ0v) is 14.0. The number of pyridine rings is 1. The number of rotatable bonds is 5. The normalized spacial score (nSPS) is 15.9. The van der Waals surface area contributed by atoms with Crippen LogP contribution in [0.5, 0.6) is 0 Å². The number of aromatic nitrogens is 1. The number of hydrogen-bond acceptors (Lipinski definition) is 2. The molecule has 1 aromatic heterocycles. The highest BCUT2D eigenvalue weighted by Crippen LogP contribution is 2.31. The van der Waals surface area contributed by atoms with Crippen LogP contribution in [0, 0.1) is 0 Å². The van der Waals surface area contributed by atoms with E-state index in [0.717, 1.165) is 62.2 Å². The van der Waals surface area contributed by atoms with E-state index < -0.39 is 11.7 Å². The Bertz CT molecular complexity index is 706. The molecule has 0 amide bonds. The largest absolute Gasteiger partial charge is 0.416 e. The van der Waals surface area contributed by atoms with Crippen LogP contribution in [0.15, 0.2) is 54.9 Å². The molecule has 0 radical (unpaired) electrons. The first-order valence-corrected chi connectivity index (χ1v) is 8.50. The molecule has 0 bridgehead atoms. The Morgan fingerprint density at radius 2 is 1.72 bits per heavy atom. The molecule has 132 valence electrons. The highest BCUT2D eigenvalue weighted by Gasteiger charge is 2.30. The van der Waals surface area contributed by atoms with Gasteiger partial charge in [-0.1, -0.05) is 18.2 Å². The summed E-state index contributed by atoms with van der Waals surface area (Å²) in [6, 6.07) is 9.56. The maximum Gasteiger partial charge on any atom is 0.416 e. The molecule has 0 spiro atoms. The van der Waals surface area contributed by atoms with E-state index in [1.807, 2.05) is 24.5 Å². The fourth-order valence-corrected chi connectivity index (χ4v) is 3.11. The number of halogens is 3. The molecule has 0 fully saturated rings. The van der Waals surface area contributed by atoms with Gasteiger partial charge < -0.3 is 0 Å². The smallest absolute Gasteiger partial charge is 0.299 e. The second kappa shape index (κ2) is 7.83. The lowest BCUT2D eigenvalue weighted by atomic mass is 9.98. The molecule has 5 heteroatoms. The average molecular weight is 346 g/mol. The minimum atomic E-state index is -4.27. The Balaban J connectivity index is 1.50. The lowest BCUT2D eigenvalue weighted by Gasteiger charge is -2.26. The second-order valence-electron chi connectivity index (χ2n) is 6.31. The molecular formula is C20H21F3N2. The second-order valence-corrected chi connectivity index (χ2v) is 6.31. The maximum absolute atomic E-state index is 12.6. The van der Waals surface area contributed by atoms with Gasteiger partial charge >= 0.3 is 6.18 Å². The molecule has 2 nitrogen and oxygen atoms in total. The van der Waals surface area contributed by atoms with Crippen molar-refractivity contribution in [3.8, 4) is 0 Å². The molecule has 25 heavy (non-hydrogen) atoms. The van der Waals surface area contributed by atoms with Crippen molar-refractivity contribution >= 4 is 5.57 Å². The first kappa shape index (κ1) is 17.7. The van der Waals surface area contributed by atoms with Crippen molar-refractivity contribution in [2.75, 3.05) is 19.6 Å². The quantitative estimate of drug-likeness (QED) is 0.771. The third-order valence-corrected chi connectivity index (χ3v) is 4.57. The van der Waals surface area contributed by atoms with Crippen molar-refractivity contribution < 1.29 is 13.2 Å². The first-order valence-electron chi connectivity index (χ1n) is 8.50. The van der Waals surface area contributed by atoms with Crippen LogP contribution in [0.4, 0.5) is 13.2 Å². The highest BCUT2D eigenvalue weighted by atomic mass is 19.4. The molecule has 1 aromatic carbocycles. The highest BCUT2D eigenvalue weighted by molar-refractivity contribution is 5.66. The Kier molecular flexibility index (Phi) is 5.53. The Morgan fingerprint density at radius 3 is 2.32 bits per heavy atom. The van der Waals surface area contributed by atoms with Crippen molar-refractivity contribution in [2.45, 2.75) is 25.4 Å². The minimum Gasteiger partial charge on any atom is -0.299 e. The summed E-state index contributed by atoms with van der Waals surface area (Å²) in [5.74, 6) is 0. The van der Waals surface area contributed by atoms with Crippen molar-refractivity contribution in [1.29, 1.82) is 0 Å². The molecule has 1 aliphatic rings. The lowest BCUT2D eigenvalue weighted by molar-refractivity contribution is -0.137. The first-order chi connectivity index (χ1) is 12.0. The van der Waals surface area contributed by atoms with Crippen LogP contribution in [0.3, 0.4) is 0 Å². The van der Waals surface area contributed by atoms with E-state index in [-0.39, 0.29) is 0 Å². The molecule has 0 unspecified atom stereocenters. The van der Waals surface area contributed by atoms with E-state index in [4.69, 9.17) is 0 Å². The summed E-state index contributed by atoms with van der Waals surface area (Å²) < 4.78 is 37.9. The monoisotopic (exact) mass is 346 g/mol. The van der Waals surface area contributed by atoms with Gasteiger partial charge in [-0.15, -0.1) is 0 Å². The molecule has 0 saturated heterocycles. The van der Waals surface area contributed by atoms with Gasteiger partial charge in [0, 0.05) is 25.5 Å². The molecule has 1 aliphatic heterocycles. The van der Waals surface area contributed by atoms with Gasteiger partial charge in [-0.3, -0.25) is 9.88 Å². The number of hydrogen-bond donors (Lipinski definition) is 0. The van der Waals surface area contributed by atoms with Gasteiger partial charge in [0.15, 0.2) is 0 Å². The van der Waals surface area contributed by atoms with Gasteiger partial charge in [0.1, 0.15) is 0 Å². The number of benzene rings is 1. The number of nitrogens with zero attached hydrogens (tertiary/aromatic N) is 2. The van der Waals surface area contributed by atoms with Crippen LogP contribution in [0.2, 0.25) is 0 Å². The predicted octanol–water partition coefficient (Wildman–Crippen LogP) is 4.82. The van der Waals surface area contributed by atoms with E-state index in [1.165, 1.54) is 5.56 Å². The summed E-state index contributed by atoms with van der Waals surface area (Å²) >= 11 is 0. The van der Waals surface area contributed by atoms with Crippen LogP contribution >= 0.6 is 0 Å². The van der Waals surface area contributed by atoms with Crippen LogP contribution in [0.25, 0.3) is 5.57 Å². The molecule has 0 aliphatic carbocycles. The number of alkyl halides is 3. The fraction of sp³-hybridized carbons (Fsp3) is 0.350. The fourth-order valence-electron chi connectivity index (χ4n) is 3.11. The third-order valence-electron chi connectivity index (χ3n) is 4.57. The summed E-state index contributed by atoms with van der Waals surface area (Å²) in [6.45, 7) is 2.83. The van der Waals surface area contributed by atoms with E-state index in [2.05, 4.69) is 16.0 Å². The van der Waals surface area contributed by atoms with E-state index in [1.54, 1.807) is 12.1 Å². The molecule has 0 saturated carbocycles. The summed E-state index contributed by atoms with van der Waals surface area (Å²) in [5, 5.41) is 0. The van der Waals surface area contributed by atoms with Crippen molar-refractivity contribution in [2.24, 2.45) is 0 Å². The number of aryl methyl sites for hydroxylation is 1. The topological polar surface area (TPSA) is 16.1 Å². The Hall–Kier alpha value is -2.14. The van der Waals surface area contributed by atoms with Gasteiger partial charge in [-0.2, -0.15) is 13.2 Å². The summed E-state index contributed by atoms with van der Waals surface area (Å²) in [7, 11) is 0. The van der Waals surface area contributed by atoms with E-state index in [9.17, 15) is 13.2 Å².